The minimum Gasteiger partial charge on any atom is -0.493 e. The topological polar surface area (TPSA) is 68.1 Å². The first-order valence-corrected chi connectivity index (χ1v) is 13.1. The summed E-state index contributed by atoms with van der Waals surface area (Å²) < 4.78 is 13.0. The van der Waals surface area contributed by atoms with E-state index in [0.29, 0.717) is 29.6 Å². The van der Waals surface area contributed by atoms with Crippen LogP contribution in [0, 0.1) is 6.92 Å². The van der Waals surface area contributed by atoms with Crippen LogP contribution in [0.15, 0.2) is 85.8 Å². The molecule has 4 aromatic rings. The fourth-order valence-corrected chi connectivity index (χ4v) is 5.10. The summed E-state index contributed by atoms with van der Waals surface area (Å²) in [5.74, 6) is 1.88. The highest BCUT2D eigenvalue weighted by Crippen LogP contribution is 2.35. The Bertz CT molecular complexity index is 1410. The summed E-state index contributed by atoms with van der Waals surface area (Å²) in [4.78, 5) is 9.69. The van der Waals surface area contributed by atoms with Gasteiger partial charge in [-0.15, -0.1) is 0 Å². The fraction of sp³-hybridized carbons (Fsp3) is 0.179. The van der Waals surface area contributed by atoms with E-state index in [1.54, 1.807) is 13.3 Å². The molecule has 0 aliphatic heterocycles. The molecular formula is C28H26Br2N4O2. The molecule has 1 heterocycles. The second-order valence-corrected chi connectivity index (χ2v) is 9.76. The van der Waals surface area contributed by atoms with Crippen molar-refractivity contribution < 1.29 is 9.47 Å². The van der Waals surface area contributed by atoms with Gasteiger partial charge in [0, 0.05) is 14.3 Å². The maximum absolute atomic E-state index is 5.74. The first-order valence-electron chi connectivity index (χ1n) is 11.5. The van der Waals surface area contributed by atoms with Gasteiger partial charge in [-0.25, -0.2) is 9.98 Å². The third kappa shape index (κ3) is 6.30. The van der Waals surface area contributed by atoms with Crippen molar-refractivity contribution in [2.75, 3.05) is 13.7 Å². The summed E-state index contributed by atoms with van der Waals surface area (Å²) >= 11 is 7.27. The van der Waals surface area contributed by atoms with Crippen LogP contribution < -0.4 is 14.9 Å². The highest BCUT2D eigenvalue weighted by Gasteiger charge is 2.11. The molecule has 0 saturated heterocycles. The number of halogens is 2. The van der Waals surface area contributed by atoms with Crippen molar-refractivity contribution in [1.82, 2.24) is 10.4 Å². The van der Waals surface area contributed by atoms with E-state index in [-0.39, 0.29) is 0 Å². The quantitative estimate of drug-likeness (QED) is 0.127. The van der Waals surface area contributed by atoms with Crippen molar-refractivity contribution in [1.29, 1.82) is 0 Å². The van der Waals surface area contributed by atoms with Gasteiger partial charge in [0.05, 0.1) is 31.1 Å². The number of aliphatic imine (C=N–C) groups is 1. The number of aryl methyl sites for hydroxylation is 1. The van der Waals surface area contributed by atoms with Gasteiger partial charge < -0.3 is 9.47 Å². The second-order valence-electron chi connectivity index (χ2n) is 8.06. The van der Waals surface area contributed by atoms with Crippen molar-refractivity contribution in [3.05, 3.63) is 92.5 Å². The number of fused-ring (bicyclic) bond motifs is 1. The minimum absolute atomic E-state index is 0.511. The molecule has 4 rings (SSSR count). The number of pyridine rings is 1. The van der Waals surface area contributed by atoms with Crippen molar-refractivity contribution in [2.24, 2.45) is 10.1 Å². The zero-order valence-corrected chi connectivity index (χ0v) is 23.4. The number of ether oxygens (including phenoxy) is 2. The third-order valence-electron chi connectivity index (χ3n) is 5.26. The third-order valence-corrected chi connectivity index (χ3v) is 6.47. The molecule has 184 valence electrons. The van der Waals surface area contributed by atoms with E-state index in [4.69, 9.17) is 19.5 Å². The van der Waals surface area contributed by atoms with Gasteiger partial charge in [0.25, 0.3) is 0 Å². The first kappa shape index (κ1) is 25.9. The lowest BCUT2D eigenvalue weighted by molar-refractivity contribution is 0.294. The molecule has 0 atom stereocenters. The Labute approximate surface area is 227 Å². The van der Waals surface area contributed by atoms with Gasteiger partial charge in [0.15, 0.2) is 17.3 Å². The number of benzene rings is 3. The van der Waals surface area contributed by atoms with E-state index < -0.39 is 0 Å². The first-order chi connectivity index (χ1) is 17.5. The van der Waals surface area contributed by atoms with Crippen LogP contribution in [0.4, 0.5) is 5.69 Å². The highest BCUT2D eigenvalue weighted by atomic mass is 79.9. The van der Waals surface area contributed by atoms with Crippen LogP contribution in [-0.2, 0) is 0 Å². The fourth-order valence-electron chi connectivity index (χ4n) is 3.51. The van der Waals surface area contributed by atoms with Gasteiger partial charge in [-0.1, -0.05) is 31.2 Å². The summed E-state index contributed by atoms with van der Waals surface area (Å²) in [6.45, 7) is 4.73. The standard InChI is InChI=1S/C28H26Br2N4O2/c1-4-13-36-25-12-9-19(16-26(25)35-3)17-31-34-28(33-27-21(29)14-18(2)15-22(27)30)24-11-10-20-7-5-6-8-23(20)32-24/h5-12,14-17H,4,13H2,1-3H3,(H,33,34)/b31-17+. The van der Waals surface area contributed by atoms with E-state index in [1.165, 1.54) is 0 Å². The van der Waals surface area contributed by atoms with Crippen molar-refractivity contribution in [3.8, 4) is 11.5 Å². The number of aromatic nitrogens is 1. The van der Waals surface area contributed by atoms with Gasteiger partial charge in [0.1, 0.15) is 5.69 Å². The molecule has 3 aromatic carbocycles. The summed E-state index contributed by atoms with van der Waals surface area (Å²) in [5.41, 5.74) is 7.36. The van der Waals surface area contributed by atoms with Gasteiger partial charge in [-0.3, -0.25) is 5.43 Å². The number of para-hydroxylation sites is 1. The second kappa shape index (κ2) is 12.1. The SMILES string of the molecule is CCCOc1ccc(/C=N/NC(=Nc2c(Br)cc(C)cc2Br)c2ccc3ccccc3n2)cc1OC. The van der Waals surface area contributed by atoms with Crippen LogP contribution in [0.5, 0.6) is 11.5 Å². The Morgan fingerprint density at radius 2 is 1.78 bits per heavy atom. The van der Waals surface area contributed by atoms with Crippen LogP contribution in [0.1, 0.15) is 30.2 Å². The van der Waals surface area contributed by atoms with Gasteiger partial charge in [-0.2, -0.15) is 5.10 Å². The maximum Gasteiger partial charge on any atom is 0.173 e. The highest BCUT2D eigenvalue weighted by molar-refractivity contribution is 9.11. The van der Waals surface area contributed by atoms with E-state index in [1.807, 2.05) is 73.7 Å². The molecule has 0 radical (unpaired) electrons. The average Bonchev–Trinajstić information content (AvgIpc) is 2.88. The monoisotopic (exact) mass is 608 g/mol. The van der Waals surface area contributed by atoms with E-state index in [0.717, 1.165) is 43.1 Å². The van der Waals surface area contributed by atoms with E-state index in [2.05, 4.69) is 49.3 Å². The smallest absolute Gasteiger partial charge is 0.173 e. The Balaban J connectivity index is 1.68. The van der Waals surface area contributed by atoms with Crippen LogP contribution in [-0.4, -0.2) is 30.8 Å². The predicted octanol–water partition coefficient (Wildman–Crippen LogP) is 7.57. The number of rotatable bonds is 8. The number of nitrogens with one attached hydrogen (secondary N) is 1. The molecule has 6 nitrogen and oxygen atoms in total. The molecule has 8 heteroatoms. The molecule has 1 N–H and O–H groups in total. The molecule has 0 spiro atoms. The Morgan fingerprint density at radius 1 is 1.00 bits per heavy atom. The number of methoxy groups -OCH3 is 1. The zero-order chi connectivity index (χ0) is 25.5. The van der Waals surface area contributed by atoms with Crippen LogP contribution in [0.3, 0.4) is 0 Å². The maximum atomic E-state index is 5.74. The van der Waals surface area contributed by atoms with Crippen molar-refractivity contribution in [3.63, 3.8) is 0 Å². The summed E-state index contributed by atoms with van der Waals surface area (Å²) in [7, 11) is 1.63. The molecule has 0 aliphatic carbocycles. The molecule has 0 saturated carbocycles. The van der Waals surface area contributed by atoms with Gasteiger partial charge in [-0.05, 0) is 98.8 Å². The Morgan fingerprint density at radius 3 is 2.53 bits per heavy atom. The lowest BCUT2D eigenvalue weighted by atomic mass is 10.2. The largest absolute Gasteiger partial charge is 0.493 e. The molecular weight excluding hydrogens is 584 g/mol. The van der Waals surface area contributed by atoms with Crippen molar-refractivity contribution >= 4 is 60.5 Å². The zero-order valence-electron chi connectivity index (χ0n) is 20.3. The van der Waals surface area contributed by atoms with E-state index in [9.17, 15) is 0 Å². The predicted molar refractivity (Wildman–Crippen MR) is 154 cm³/mol. The van der Waals surface area contributed by atoms with Crippen LogP contribution in [0.25, 0.3) is 10.9 Å². The molecule has 0 amide bonds. The molecule has 0 aliphatic rings. The number of hydrazone groups is 1. The average molecular weight is 610 g/mol. The molecule has 0 bridgehead atoms. The Kier molecular flexibility index (Phi) is 8.72. The van der Waals surface area contributed by atoms with Gasteiger partial charge >= 0.3 is 0 Å². The Hall–Kier alpha value is -3.23. The minimum atomic E-state index is 0.511. The van der Waals surface area contributed by atoms with E-state index >= 15 is 0 Å². The number of amidine groups is 1. The number of hydrogen-bond acceptors (Lipinski definition) is 5. The van der Waals surface area contributed by atoms with Crippen LogP contribution >= 0.6 is 31.9 Å². The van der Waals surface area contributed by atoms with Gasteiger partial charge in [0.2, 0.25) is 0 Å². The normalized spacial score (nSPS) is 11.8. The molecule has 0 fully saturated rings. The lowest BCUT2D eigenvalue weighted by Gasteiger charge is -2.11. The molecule has 36 heavy (non-hydrogen) atoms. The molecule has 1 aromatic heterocycles. The summed E-state index contributed by atoms with van der Waals surface area (Å²) in [5, 5.41) is 5.52. The number of hydrogen-bond donors (Lipinski definition) is 1. The summed E-state index contributed by atoms with van der Waals surface area (Å²) in [6, 6.07) is 21.7. The lowest BCUT2D eigenvalue weighted by Crippen LogP contribution is -2.20. The summed E-state index contributed by atoms with van der Waals surface area (Å²) in [6.07, 6.45) is 2.64. The number of nitrogens with zero attached hydrogens (tertiary/aromatic N) is 3. The van der Waals surface area contributed by atoms with Crippen LogP contribution in [0.2, 0.25) is 0 Å². The molecule has 0 unspecified atom stereocenters. The van der Waals surface area contributed by atoms with Crippen molar-refractivity contribution in [2.45, 2.75) is 20.3 Å².